The van der Waals surface area contributed by atoms with Crippen LogP contribution in [0.3, 0.4) is 0 Å². The van der Waals surface area contributed by atoms with Crippen LogP contribution in [0, 0.1) is 0 Å². The highest BCUT2D eigenvalue weighted by atomic mass is 14.4. The van der Waals surface area contributed by atoms with E-state index in [1.165, 1.54) is 111 Å². The third-order valence-electron chi connectivity index (χ3n) is 13.5. The molecule has 0 bridgehead atoms. The molecule has 0 N–H and O–H groups in total. The van der Waals surface area contributed by atoms with Crippen LogP contribution in [0.25, 0.3) is 77.2 Å². The van der Waals surface area contributed by atoms with Gasteiger partial charge in [0.15, 0.2) is 0 Å². The van der Waals surface area contributed by atoms with E-state index in [0.29, 0.717) is 0 Å². The Hall–Kier alpha value is -5.72. The van der Waals surface area contributed by atoms with Gasteiger partial charge in [0.2, 0.25) is 0 Å². The second kappa shape index (κ2) is 10.2. The zero-order valence-corrected chi connectivity index (χ0v) is 31.4. The molecule has 11 rings (SSSR count). The van der Waals surface area contributed by atoms with E-state index in [1.807, 2.05) is 0 Å². The minimum Gasteiger partial charge on any atom is -0.0619 e. The summed E-state index contributed by atoms with van der Waals surface area (Å²) in [4.78, 5) is 0. The molecule has 0 atom stereocenters. The smallest absolute Gasteiger partial charge is 0.0159 e. The maximum atomic E-state index is 2.54. The van der Waals surface area contributed by atoms with E-state index in [9.17, 15) is 0 Å². The van der Waals surface area contributed by atoms with Crippen molar-refractivity contribution in [2.24, 2.45) is 0 Å². The van der Waals surface area contributed by atoms with Crippen molar-refractivity contribution in [1.29, 1.82) is 0 Å². The van der Waals surface area contributed by atoms with Gasteiger partial charge in [0.1, 0.15) is 0 Å². The summed E-state index contributed by atoms with van der Waals surface area (Å²) < 4.78 is 0. The van der Waals surface area contributed by atoms with Gasteiger partial charge in [0.05, 0.1) is 0 Å². The van der Waals surface area contributed by atoms with Crippen molar-refractivity contribution >= 4 is 21.5 Å². The van der Waals surface area contributed by atoms with E-state index in [0.717, 1.165) is 0 Å². The van der Waals surface area contributed by atoms with Gasteiger partial charge in [-0.3, -0.25) is 0 Å². The third-order valence-corrected chi connectivity index (χ3v) is 13.5. The molecular weight excluding hydrogens is 637 g/mol. The lowest BCUT2D eigenvalue weighted by atomic mass is 9.77. The Bertz CT molecular complexity index is 2850. The largest absolute Gasteiger partial charge is 0.0619 e. The van der Waals surface area contributed by atoms with Gasteiger partial charge in [0, 0.05) is 16.2 Å². The van der Waals surface area contributed by atoms with Crippen molar-refractivity contribution in [2.75, 3.05) is 0 Å². The number of hydrogen-bond donors (Lipinski definition) is 0. The predicted molar refractivity (Wildman–Crippen MR) is 225 cm³/mol. The maximum Gasteiger partial charge on any atom is 0.0159 e. The highest BCUT2D eigenvalue weighted by molar-refractivity contribution is 6.21. The van der Waals surface area contributed by atoms with Crippen LogP contribution in [0.4, 0.5) is 0 Å². The molecule has 0 unspecified atom stereocenters. The molecule has 8 aromatic rings. The summed E-state index contributed by atoms with van der Waals surface area (Å²) in [5, 5.41) is 5.20. The minimum atomic E-state index is -0.124. The molecule has 254 valence electrons. The first-order valence-corrected chi connectivity index (χ1v) is 19.2. The number of rotatable bonds is 2. The molecule has 0 saturated heterocycles. The fourth-order valence-electron chi connectivity index (χ4n) is 10.7. The van der Waals surface area contributed by atoms with Gasteiger partial charge >= 0.3 is 0 Å². The lowest BCUT2D eigenvalue weighted by molar-refractivity contribution is 0.639. The molecule has 0 nitrogen and oxygen atoms in total. The van der Waals surface area contributed by atoms with Gasteiger partial charge in [-0.1, -0.05) is 169 Å². The second-order valence-electron chi connectivity index (χ2n) is 17.3. The summed E-state index contributed by atoms with van der Waals surface area (Å²) in [5.74, 6) is 0. The van der Waals surface area contributed by atoms with E-state index < -0.39 is 0 Å². The van der Waals surface area contributed by atoms with Crippen molar-refractivity contribution in [3.8, 4) is 55.6 Å². The van der Waals surface area contributed by atoms with Crippen LogP contribution in [0.15, 0.2) is 146 Å². The van der Waals surface area contributed by atoms with Gasteiger partial charge < -0.3 is 0 Å². The Morgan fingerprint density at radius 3 is 1.04 bits per heavy atom. The van der Waals surface area contributed by atoms with Crippen molar-refractivity contribution < 1.29 is 0 Å². The fraction of sp³-hybridized carbons (Fsp3) is 0.170. The standard InChI is InChI=1S/C53H42/c1-51(2)43-21-13-11-15-33(43)35-25-23-31(27-45(35)51)49-37-17-7-9-19-39(37)50(40-20-10-8-18-38(40)49)32-24-26-36-42-29-41-34-16-12-14-22-44(34)52(3,4)47(41)30-48(42)53(5,6)46(36)28-32/h7-30H,1-6H3. The Morgan fingerprint density at radius 1 is 0.264 bits per heavy atom. The van der Waals surface area contributed by atoms with Crippen LogP contribution >= 0.6 is 0 Å². The second-order valence-corrected chi connectivity index (χ2v) is 17.3. The monoisotopic (exact) mass is 678 g/mol. The molecule has 0 aliphatic heterocycles. The summed E-state index contributed by atoms with van der Waals surface area (Å²) in [6.45, 7) is 14.4. The van der Waals surface area contributed by atoms with Crippen molar-refractivity contribution in [2.45, 2.75) is 57.8 Å². The zero-order valence-electron chi connectivity index (χ0n) is 31.4. The normalized spacial score (nSPS) is 16.2. The van der Waals surface area contributed by atoms with Gasteiger partial charge in [0.25, 0.3) is 0 Å². The SMILES string of the molecule is CC1(C)c2ccccc2-c2ccc(-c3c4ccccc4c(-c4ccc5c(c4)C(C)(C)c4cc6c(cc4-5)-c4ccccc4C6(C)C)c4ccccc34)cc21. The van der Waals surface area contributed by atoms with Crippen molar-refractivity contribution in [3.63, 3.8) is 0 Å². The molecule has 0 saturated carbocycles. The molecule has 0 spiro atoms. The van der Waals surface area contributed by atoms with E-state index in [-0.39, 0.29) is 16.2 Å². The number of fused-ring (bicyclic) bond motifs is 11. The maximum absolute atomic E-state index is 2.54. The Morgan fingerprint density at radius 2 is 0.585 bits per heavy atom. The van der Waals surface area contributed by atoms with Crippen LogP contribution in [-0.2, 0) is 16.2 Å². The summed E-state index contributed by atoms with van der Waals surface area (Å²) in [5.41, 5.74) is 21.8. The van der Waals surface area contributed by atoms with Gasteiger partial charge in [-0.25, -0.2) is 0 Å². The summed E-state index contributed by atoms with van der Waals surface area (Å²) >= 11 is 0. The molecule has 0 heteroatoms. The molecule has 3 aliphatic rings. The van der Waals surface area contributed by atoms with Crippen molar-refractivity contribution in [3.05, 3.63) is 179 Å². The molecular formula is C53H42. The summed E-state index contributed by atoms with van der Waals surface area (Å²) in [7, 11) is 0. The molecule has 53 heavy (non-hydrogen) atoms. The Labute approximate surface area is 312 Å². The molecule has 0 radical (unpaired) electrons. The molecule has 8 aromatic carbocycles. The molecule has 0 fully saturated rings. The van der Waals surface area contributed by atoms with E-state index >= 15 is 0 Å². The first kappa shape index (κ1) is 30.9. The third kappa shape index (κ3) is 3.91. The average molecular weight is 679 g/mol. The van der Waals surface area contributed by atoms with Gasteiger partial charge in [-0.2, -0.15) is 0 Å². The molecule has 0 heterocycles. The molecule has 0 amide bonds. The van der Waals surface area contributed by atoms with E-state index in [4.69, 9.17) is 0 Å². The quantitative estimate of drug-likeness (QED) is 0.160. The van der Waals surface area contributed by atoms with Gasteiger partial charge in [-0.05, 0) is 129 Å². The zero-order chi connectivity index (χ0) is 36.0. The van der Waals surface area contributed by atoms with Crippen LogP contribution in [0.2, 0.25) is 0 Å². The first-order chi connectivity index (χ1) is 25.6. The summed E-state index contributed by atoms with van der Waals surface area (Å²) in [6.07, 6.45) is 0. The van der Waals surface area contributed by atoms with Crippen molar-refractivity contribution in [1.82, 2.24) is 0 Å². The Balaban J connectivity index is 1.11. The predicted octanol–water partition coefficient (Wildman–Crippen LogP) is 14.2. The van der Waals surface area contributed by atoms with Crippen LogP contribution < -0.4 is 0 Å². The van der Waals surface area contributed by atoms with E-state index in [2.05, 4.69) is 187 Å². The lowest BCUT2D eigenvalue weighted by Gasteiger charge is -2.26. The lowest BCUT2D eigenvalue weighted by Crippen LogP contribution is -2.18. The number of hydrogen-bond acceptors (Lipinski definition) is 0. The highest BCUT2D eigenvalue weighted by Gasteiger charge is 2.42. The Kier molecular flexibility index (Phi) is 5.96. The first-order valence-electron chi connectivity index (χ1n) is 19.2. The topological polar surface area (TPSA) is 0 Å². The van der Waals surface area contributed by atoms with Crippen LogP contribution in [-0.4, -0.2) is 0 Å². The van der Waals surface area contributed by atoms with Gasteiger partial charge in [-0.15, -0.1) is 0 Å². The fourth-order valence-corrected chi connectivity index (χ4v) is 10.7. The number of benzene rings is 8. The minimum absolute atomic E-state index is 0.0187. The highest BCUT2D eigenvalue weighted by Crippen LogP contribution is 2.57. The van der Waals surface area contributed by atoms with E-state index in [1.54, 1.807) is 0 Å². The van der Waals surface area contributed by atoms with Crippen LogP contribution in [0.5, 0.6) is 0 Å². The molecule has 0 aromatic heterocycles. The molecule has 3 aliphatic carbocycles. The average Bonchev–Trinajstić information content (AvgIpc) is 3.65. The summed E-state index contributed by atoms with van der Waals surface area (Å²) in [6, 6.07) is 55.7. The van der Waals surface area contributed by atoms with Crippen LogP contribution in [0.1, 0.15) is 74.9 Å².